The van der Waals surface area contributed by atoms with Gasteiger partial charge >= 0.3 is 5.97 Å². The van der Waals surface area contributed by atoms with Gasteiger partial charge in [-0.25, -0.2) is 13.2 Å². The Morgan fingerprint density at radius 1 is 0.882 bits per heavy atom. The van der Waals surface area contributed by atoms with Gasteiger partial charge in [-0.1, -0.05) is 36.4 Å². The number of ether oxygens (including phenoxy) is 1. The highest BCUT2D eigenvalue weighted by atomic mass is 32.2. The average Bonchev–Trinajstić information content (AvgIpc) is 2.78. The van der Waals surface area contributed by atoms with Crippen molar-refractivity contribution < 1.29 is 27.9 Å². The molecule has 0 fully saturated rings. The number of sulfone groups is 1. The maximum Gasteiger partial charge on any atom is 0.335 e. The molecular formula is C26H27NO6S. The molecule has 1 N–H and O–H groups in total. The van der Waals surface area contributed by atoms with Crippen molar-refractivity contribution in [2.75, 3.05) is 26.1 Å². The van der Waals surface area contributed by atoms with Crippen LogP contribution >= 0.6 is 0 Å². The van der Waals surface area contributed by atoms with Gasteiger partial charge in [0, 0.05) is 32.6 Å². The lowest BCUT2D eigenvalue weighted by Crippen LogP contribution is -2.11. The van der Waals surface area contributed by atoms with Crippen molar-refractivity contribution in [3.63, 3.8) is 0 Å². The molecule has 0 heterocycles. The van der Waals surface area contributed by atoms with Crippen LogP contribution in [-0.2, 0) is 33.2 Å². The molecule has 0 unspecified atom stereocenters. The summed E-state index contributed by atoms with van der Waals surface area (Å²) < 4.78 is 31.3. The Labute approximate surface area is 199 Å². The number of aromatic carboxylic acids is 1. The quantitative estimate of drug-likeness (QED) is 0.470. The number of rotatable bonds is 10. The largest absolute Gasteiger partial charge is 0.495 e. The molecule has 8 heteroatoms. The Hall–Kier alpha value is -3.65. The Balaban J connectivity index is 1.77. The minimum Gasteiger partial charge on any atom is -0.495 e. The molecular weight excluding hydrogens is 454 g/mol. The Morgan fingerprint density at radius 3 is 2.12 bits per heavy atom. The molecule has 178 valence electrons. The van der Waals surface area contributed by atoms with E-state index >= 15 is 0 Å². The van der Waals surface area contributed by atoms with Crippen LogP contribution < -0.4 is 9.64 Å². The van der Waals surface area contributed by atoms with Crippen molar-refractivity contribution in [2.45, 2.75) is 23.5 Å². The number of ketones is 1. The van der Waals surface area contributed by atoms with E-state index in [1.165, 1.54) is 19.2 Å². The van der Waals surface area contributed by atoms with Crippen molar-refractivity contribution in [1.29, 1.82) is 0 Å². The number of nitrogens with zero attached hydrogens (tertiary/aromatic N) is 1. The Bertz CT molecular complexity index is 1310. The monoisotopic (exact) mass is 481 g/mol. The fourth-order valence-corrected chi connectivity index (χ4v) is 5.18. The molecule has 0 radical (unpaired) electrons. The summed E-state index contributed by atoms with van der Waals surface area (Å²) in [6.07, 6.45) is 0.460. The van der Waals surface area contributed by atoms with Gasteiger partial charge in [-0.15, -0.1) is 0 Å². The first kappa shape index (κ1) is 25.0. The van der Waals surface area contributed by atoms with Crippen LogP contribution in [0, 0.1) is 0 Å². The summed E-state index contributed by atoms with van der Waals surface area (Å²) in [5.41, 5.74) is 3.01. The second-order valence-corrected chi connectivity index (χ2v) is 10.2. The summed E-state index contributed by atoms with van der Waals surface area (Å²) in [5, 5.41) is 9.23. The van der Waals surface area contributed by atoms with Crippen molar-refractivity contribution in [3.8, 4) is 5.75 Å². The van der Waals surface area contributed by atoms with Gasteiger partial charge in [0.1, 0.15) is 16.4 Å². The highest BCUT2D eigenvalue weighted by molar-refractivity contribution is 7.90. The fourth-order valence-electron chi connectivity index (χ4n) is 3.64. The topological polar surface area (TPSA) is 101 Å². The van der Waals surface area contributed by atoms with Gasteiger partial charge < -0.3 is 14.7 Å². The molecule has 0 aliphatic carbocycles. The molecule has 3 aromatic rings. The molecule has 0 bridgehead atoms. The summed E-state index contributed by atoms with van der Waals surface area (Å²) in [7, 11) is 1.31. The van der Waals surface area contributed by atoms with Crippen LogP contribution in [0.25, 0.3) is 0 Å². The third kappa shape index (κ3) is 6.23. The summed E-state index contributed by atoms with van der Waals surface area (Å²) in [6.45, 7) is 0. The Morgan fingerprint density at radius 2 is 1.50 bits per heavy atom. The number of anilines is 1. The van der Waals surface area contributed by atoms with Crippen LogP contribution in [0.15, 0.2) is 71.6 Å². The molecule has 0 aromatic heterocycles. The second kappa shape index (κ2) is 10.5. The van der Waals surface area contributed by atoms with Crippen molar-refractivity contribution in [3.05, 3.63) is 89.0 Å². The Kier molecular flexibility index (Phi) is 7.73. The van der Waals surface area contributed by atoms with Crippen molar-refractivity contribution >= 4 is 27.3 Å². The normalized spacial score (nSPS) is 11.1. The summed E-state index contributed by atoms with van der Waals surface area (Å²) in [6, 6.07) is 18.4. The van der Waals surface area contributed by atoms with E-state index in [4.69, 9.17) is 4.74 Å². The molecule has 0 spiro atoms. The zero-order valence-corrected chi connectivity index (χ0v) is 20.1. The van der Waals surface area contributed by atoms with E-state index in [1.54, 1.807) is 24.3 Å². The lowest BCUT2D eigenvalue weighted by atomic mass is 10.0. The van der Waals surface area contributed by atoms with Gasteiger partial charge in [-0.3, -0.25) is 4.79 Å². The molecule has 0 saturated carbocycles. The van der Waals surface area contributed by atoms with Crippen molar-refractivity contribution in [2.24, 2.45) is 0 Å². The lowest BCUT2D eigenvalue weighted by molar-refractivity contribution is -0.117. The fraction of sp³-hybridized carbons (Fsp3) is 0.231. The molecule has 3 rings (SSSR count). The first-order valence-corrected chi connectivity index (χ1v) is 12.2. The van der Waals surface area contributed by atoms with Crippen LogP contribution in [-0.4, -0.2) is 46.5 Å². The number of benzene rings is 3. The number of Topliss-reactive ketones (excluding diaryl/α,β-unsaturated/α-hetero) is 1. The molecule has 0 amide bonds. The highest BCUT2D eigenvalue weighted by Crippen LogP contribution is 2.28. The number of methoxy groups -OCH3 is 1. The van der Waals surface area contributed by atoms with Crippen LogP contribution in [0.5, 0.6) is 5.75 Å². The first-order valence-electron chi connectivity index (χ1n) is 10.6. The van der Waals surface area contributed by atoms with E-state index < -0.39 is 15.8 Å². The lowest BCUT2D eigenvalue weighted by Gasteiger charge is -2.13. The maximum absolute atomic E-state index is 13.1. The number of carboxylic acid groups (broad SMARTS) is 1. The third-order valence-electron chi connectivity index (χ3n) is 5.32. The standard InChI is InChI=1S/C26H27NO6S/c1-27(2)22-9-5-7-19(13-22)15-23(28)14-18-6-4-8-20(12-18)17-34(31,32)25-16-21(26(29)30)10-11-24(25)33-3/h4-13,16H,14-15,17H2,1-3H3,(H,29,30). The SMILES string of the molecule is COc1ccc(C(=O)O)cc1S(=O)(=O)Cc1cccc(CC(=O)Cc2cccc(N(C)C)c2)c1. The van der Waals surface area contributed by atoms with Crippen LogP contribution in [0.2, 0.25) is 0 Å². The average molecular weight is 482 g/mol. The molecule has 0 aliphatic rings. The zero-order chi connectivity index (χ0) is 24.9. The molecule has 34 heavy (non-hydrogen) atoms. The number of carbonyl (C=O) groups is 2. The zero-order valence-electron chi connectivity index (χ0n) is 19.3. The smallest absolute Gasteiger partial charge is 0.335 e. The van der Waals surface area contributed by atoms with Crippen molar-refractivity contribution in [1.82, 2.24) is 0 Å². The van der Waals surface area contributed by atoms with Gasteiger partial charge in [-0.05, 0) is 47.0 Å². The van der Waals surface area contributed by atoms with Crippen LogP contribution in [0.3, 0.4) is 0 Å². The molecule has 0 saturated heterocycles. The van der Waals surface area contributed by atoms with Gasteiger partial charge in [0.15, 0.2) is 9.84 Å². The number of carbonyl (C=O) groups excluding carboxylic acids is 1. The van der Waals surface area contributed by atoms with Gasteiger partial charge in [-0.2, -0.15) is 0 Å². The summed E-state index contributed by atoms with van der Waals surface area (Å²) in [4.78, 5) is 25.7. The number of hydrogen-bond donors (Lipinski definition) is 1. The predicted octanol–water partition coefficient (Wildman–Crippen LogP) is 3.79. The van der Waals surface area contributed by atoms with Crippen LogP contribution in [0.1, 0.15) is 27.0 Å². The number of hydrogen-bond acceptors (Lipinski definition) is 6. The predicted molar refractivity (Wildman–Crippen MR) is 130 cm³/mol. The minimum absolute atomic E-state index is 0.0201. The van der Waals surface area contributed by atoms with E-state index in [0.29, 0.717) is 11.1 Å². The van der Waals surface area contributed by atoms with Gasteiger partial charge in [0.25, 0.3) is 0 Å². The third-order valence-corrected chi connectivity index (χ3v) is 7.03. The van der Waals surface area contributed by atoms with E-state index in [0.717, 1.165) is 17.3 Å². The van der Waals surface area contributed by atoms with E-state index in [-0.39, 0.29) is 40.6 Å². The maximum atomic E-state index is 13.1. The first-order chi connectivity index (χ1) is 16.1. The molecule has 0 atom stereocenters. The second-order valence-electron chi connectivity index (χ2n) is 8.21. The van der Waals surface area contributed by atoms with Crippen LogP contribution in [0.4, 0.5) is 5.69 Å². The van der Waals surface area contributed by atoms with E-state index in [2.05, 4.69) is 0 Å². The molecule has 0 aliphatic heterocycles. The van der Waals surface area contributed by atoms with Gasteiger partial charge in [0.05, 0.1) is 18.4 Å². The number of carboxylic acids is 1. The minimum atomic E-state index is -3.90. The molecule has 3 aromatic carbocycles. The van der Waals surface area contributed by atoms with E-state index in [1.807, 2.05) is 43.3 Å². The highest BCUT2D eigenvalue weighted by Gasteiger charge is 2.22. The van der Waals surface area contributed by atoms with Gasteiger partial charge in [0.2, 0.25) is 0 Å². The summed E-state index contributed by atoms with van der Waals surface area (Å²) in [5.74, 6) is -1.47. The molecule has 7 nitrogen and oxygen atoms in total. The summed E-state index contributed by atoms with van der Waals surface area (Å²) >= 11 is 0. The van der Waals surface area contributed by atoms with E-state index in [9.17, 15) is 23.1 Å².